The van der Waals surface area contributed by atoms with Crippen molar-refractivity contribution in [3.63, 3.8) is 0 Å². The fourth-order valence-electron chi connectivity index (χ4n) is 5.12. The van der Waals surface area contributed by atoms with Crippen molar-refractivity contribution in [2.75, 3.05) is 6.54 Å². The number of hydrogen-bond donors (Lipinski definition) is 5. The van der Waals surface area contributed by atoms with Gasteiger partial charge >= 0.3 is 0 Å². The van der Waals surface area contributed by atoms with E-state index in [-0.39, 0.29) is 59.6 Å². The molecule has 39 heavy (non-hydrogen) atoms. The second kappa shape index (κ2) is 16.8. The molecule has 1 fully saturated rings. The molecule has 0 bridgehead atoms. The lowest BCUT2D eigenvalue weighted by molar-refractivity contribution is -0.134. The van der Waals surface area contributed by atoms with Crippen molar-refractivity contribution in [1.82, 2.24) is 21.3 Å². The Morgan fingerprint density at radius 2 is 1.33 bits per heavy atom. The molecule has 5 N–H and O–H groups in total. The highest BCUT2D eigenvalue weighted by Gasteiger charge is 2.36. The number of nitrogens with one attached hydrogen (secondary N) is 4. The Morgan fingerprint density at radius 3 is 1.82 bits per heavy atom. The summed E-state index contributed by atoms with van der Waals surface area (Å²) in [5.41, 5.74) is 0. The number of aliphatic hydroxyl groups is 1. The number of likely N-dealkylation sites (N-methyl/N-ethyl adjacent to an activating group) is 1. The van der Waals surface area contributed by atoms with Crippen LogP contribution in [0.5, 0.6) is 0 Å². The molecule has 226 valence electrons. The van der Waals surface area contributed by atoms with Gasteiger partial charge < -0.3 is 26.4 Å². The summed E-state index contributed by atoms with van der Waals surface area (Å²) in [6.45, 7) is 17.6. The number of aliphatic hydroxyl groups excluding tert-OH is 1. The average molecular weight is 553 g/mol. The van der Waals surface area contributed by atoms with Crippen molar-refractivity contribution in [2.24, 2.45) is 35.5 Å². The SMILES string of the molecule is CCNC(=O)[C@@H](NC(=O)[C@H](C)C[C@H](O)[C@H](CC(C)C)NC(=O)[C@@H](NC(=O)C(C)C(C)C)C1CCCC1)C(C)C. The second-order valence-electron chi connectivity index (χ2n) is 12.6. The molecule has 0 heterocycles. The molecule has 1 rings (SSSR count). The predicted molar refractivity (Wildman–Crippen MR) is 155 cm³/mol. The summed E-state index contributed by atoms with van der Waals surface area (Å²) in [5, 5.41) is 22.8. The molecular weight excluding hydrogens is 496 g/mol. The van der Waals surface area contributed by atoms with Gasteiger partial charge in [-0.25, -0.2) is 0 Å². The Balaban J connectivity index is 2.97. The van der Waals surface area contributed by atoms with Gasteiger partial charge in [-0.15, -0.1) is 0 Å². The molecule has 1 saturated carbocycles. The predicted octanol–water partition coefficient (Wildman–Crippen LogP) is 3.15. The van der Waals surface area contributed by atoms with E-state index in [1.54, 1.807) is 6.92 Å². The van der Waals surface area contributed by atoms with E-state index in [0.717, 1.165) is 25.7 Å². The van der Waals surface area contributed by atoms with Crippen molar-refractivity contribution < 1.29 is 24.3 Å². The van der Waals surface area contributed by atoms with Gasteiger partial charge in [0.1, 0.15) is 12.1 Å². The van der Waals surface area contributed by atoms with Crippen molar-refractivity contribution >= 4 is 23.6 Å². The quantitative estimate of drug-likeness (QED) is 0.200. The number of carbonyl (C=O) groups is 4. The third-order valence-corrected chi connectivity index (χ3v) is 8.02. The molecule has 9 heteroatoms. The van der Waals surface area contributed by atoms with Crippen LogP contribution in [0.4, 0.5) is 0 Å². The van der Waals surface area contributed by atoms with Gasteiger partial charge in [-0.1, -0.05) is 68.2 Å². The summed E-state index contributed by atoms with van der Waals surface area (Å²) in [4.78, 5) is 51.8. The van der Waals surface area contributed by atoms with Crippen LogP contribution in [-0.2, 0) is 19.2 Å². The molecule has 4 amide bonds. The third-order valence-electron chi connectivity index (χ3n) is 8.02. The first-order valence-corrected chi connectivity index (χ1v) is 15.1. The van der Waals surface area contributed by atoms with Gasteiger partial charge in [-0.05, 0) is 56.3 Å². The lowest BCUT2D eigenvalue weighted by Gasteiger charge is -2.32. The molecule has 1 aliphatic carbocycles. The van der Waals surface area contributed by atoms with Crippen LogP contribution in [0.25, 0.3) is 0 Å². The maximum Gasteiger partial charge on any atom is 0.243 e. The summed E-state index contributed by atoms with van der Waals surface area (Å²) < 4.78 is 0. The Morgan fingerprint density at radius 1 is 0.744 bits per heavy atom. The second-order valence-corrected chi connectivity index (χ2v) is 12.6. The van der Waals surface area contributed by atoms with Gasteiger partial charge in [-0.2, -0.15) is 0 Å². The Labute approximate surface area is 236 Å². The molecule has 0 aromatic heterocycles. The van der Waals surface area contributed by atoms with Crippen LogP contribution < -0.4 is 21.3 Å². The zero-order chi connectivity index (χ0) is 29.9. The summed E-state index contributed by atoms with van der Waals surface area (Å²) in [5.74, 6) is -1.41. The molecule has 0 saturated heterocycles. The minimum atomic E-state index is -0.964. The minimum Gasteiger partial charge on any atom is -0.391 e. The minimum absolute atomic E-state index is 0.0668. The molecule has 6 atom stereocenters. The van der Waals surface area contributed by atoms with Gasteiger partial charge in [0, 0.05) is 18.4 Å². The van der Waals surface area contributed by atoms with Gasteiger partial charge in [0.25, 0.3) is 0 Å². The topological polar surface area (TPSA) is 137 Å². The smallest absolute Gasteiger partial charge is 0.243 e. The summed E-state index contributed by atoms with van der Waals surface area (Å²) >= 11 is 0. The van der Waals surface area contributed by atoms with E-state index in [0.29, 0.717) is 13.0 Å². The molecule has 0 aromatic carbocycles. The van der Waals surface area contributed by atoms with Crippen LogP contribution in [0.2, 0.25) is 0 Å². The van der Waals surface area contributed by atoms with Gasteiger partial charge in [0.15, 0.2) is 0 Å². The standard InChI is InChI=1S/C30H56N4O5/c1-10-31-29(38)25(19(6)7)33-27(36)20(8)16-24(35)23(15-17(2)3)32-30(39)26(22-13-11-12-14-22)34-28(37)21(9)18(4)5/h17-26,35H,10-16H2,1-9H3,(H,31,38)(H,32,39)(H,33,36)(H,34,37)/t20-,21?,23+,24+,25+,26+/m1/s1. The number of rotatable bonds is 16. The number of carbonyl (C=O) groups excluding carboxylic acids is 4. The first kappa shape index (κ1) is 34.9. The molecular formula is C30H56N4O5. The number of hydrogen-bond acceptors (Lipinski definition) is 5. The molecule has 1 unspecified atom stereocenters. The zero-order valence-corrected chi connectivity index (χ0v) is 25.8. The van der Waals surface area contributed by atoms with Crippen molar-refractivity contribution in [1.29, 1.82) is 0 Å². The van der Waals surface area contributed by atoms with Crippen LogP contribution in [0.1, 0.15) is 101 Å². The van der Waals surface area contributed by atoms with Crippen molar-refractivity contribution in [3.8, 4) is 0 Å². The van der Waals surface area contributed by atoms with Gasteiger partial charge in [-0.3, -0.25) is 19.2 Å². The Kier molecular flexibility index (Phi) is 15.0. The molecule has 9 nitrogen and oxygen atoms in total. The van der Waals surface area contributed by atoms with E-state index >= 15 is 0 Å². The number of amides is 4. The highest BCUT2D eigenvalue weighted by molar-refractivity contribution is 5.89. The van der Waals surface area contributed by atoms with Gasteiger partial charge in [0.05, 0.1) is 12.1 Å². The van der Waals surface area contributed by atoms with Crippen LogP contribution in [0, 0.1) is 35.5 Å². The van der Waals surface area contributed by atoms with E-state index in [9.17, 15) is 24.3 Å². The van der Waals surface area contributed by atoms with Crippen LogP contribution in [-0.4, -0.2) is 59.5 Å². The van der Waals surface area contributed by atoms with E-state index in [1.807, 2.05) is 55.4 Å². The Bertz CT molecular complexity index is 794. The van der Waals surface area contributed by atoms with Crippen LogP contribution >= 0.6 is 0 Å². The van der Waals surface area contributed by atoms with Crippen molar-refractivity contribution in [3.05, 3.63) is 0 Å². The fraction of sp³-hybridized carbons (Fsp3) is 0.867. The summed E-state index contributed by atoms with van der Waals surface area (Å²) in [7, 11) is 0. The highest BCUT2D eigenvalue weighted by Crippen LogP contribution is 2.29. The Hall–Kier alpha value is -2.16. The molecule has 0 spiro atoms. The van der Waals surface area contributed by atoms with Crippen LogP contribution in [0.3, 0.4) is 0 Å². The monoisotopic (exact) mass is 552 g/mol. The lowest BCUT2D eigenvalue weighted by atomic mass is 9.90. The normalized spacial score (nSPS) is 18.8. The zero-order valence-electron chi connectivity index (χ0n) is 25.8. The van der Waals surface area contributed by atoms with Gasteiger partial charge in [0.2, 0.25) is 23.6 Å². The maximum atomic E-state index is 13.6. The fourth-order valence-corrected chi connectivity index (χ4v) is 5.12. The maximum absolute atomic E-state index is 13.6. The summed E-state index contributed by atoms with van der Waals surface area (Å²) in [6.07, 6.45) is 3.52. The summed E-state index contributed by atoms with van der Waals surface area (Å²) in [6, 6.07) is -1.87. The first-order chi connectivity index (χ1) is 18.2. The first-order valence-electron chi connectivity index (χ1n) is 15.1. The van der Waals surface area contributed by atoms with E-state index < -0.39 is 30.1 Å². The molecule has 1 aliphatic rings. The van der Waals surface area contributed by atoms with E-state index in [2.05, 4.69) is 21.3 Å². The molecule has 0 aromatic rings. The largest absolute Gasteiger partial charge is 0.391 e. The average Bonchev–Trinajstić information content (AvgIpc) is 3.38. The highest BCUT2D eigenvalue weighted by atomic mass is 16.3. The van der Waals surface area contributed by atoms with E-state index in [4.69, 9.17) is 0 Å². The molecule has 0 radical (unpaired) electrons. The molecule has 0 aliphatic heterocycles. The van der Waals surface area contributed by atoms with Crippen LogP contribution in [0.15, 0.2) is 0 Å². The van der Waals surface area contributed by atoms with Crippen molar-refractivity contribution in [2.45, 2.75) is 125 Å². The van der Waals surface area contributed by atoms with E-state index in [1.165, 1.54) is 0 Å². The lowest BCUT2D eigenvalue weighted by Crippen LogP contribution is -2.56. The third kappa shape index (κ3) is 11.5.